The fourth-order valence-corrected chi connectivity index (χ4v) is 2.46. The van der Waals surface area contributed by atoms with Crippen LogP contribution >= 0.6 is 0 Å². The van der Waals surface area contributed by atoms with Gasteiger partial charge in [0.25, 0.3) is 0 Å². The first-order valence-electron chi connectivity index (χ1n) is 6.11. The van der Waals surface area contributed by atoms with E-state index < -0.39 is 17.9 Å². The number of hydrogen-bond acceptors (Lipinski definition) is 4. The average molecular weight is 255 g/mol. The molecule has 18 heavy (non-hydrogen) atoms. The monoisotopic (exact) mass is 255 g/mol. The number of amides is 2. The van der Waals surface area contributed by atoms with E-state index in [9.17, 15) is 14.4 Å². The Kier molecular flexibility index (Phi) is 3.81. The Bertz CT molecular complexity index is 361. The van der Waals surface area contributed by atoms with Gasteiger partial charge in [0, 0.05) is 12.6 Å². The molecule has 3 unspecified atom stereocenters. The van der Waals surface area contributed by atoms with Crippen LogP contribution in [0.3, 0.4) is 0 Å². The van der Waals surface area contributed by atoms with Crippen molar-refractivity contribution < 1.29 is 19.5 Å². The van der Waals surface area contributed by atoms with Crippen molar-refractivity contribution >= 4 is 17.8 Å². The Hall–Kier alpha value is -1.63. The van der Waals surface area contributed by atoms with Gasteiger partial charge in [0.05, 0.1) is 12.5 Å². The molecule has 2 aliphatic rings. The van der Waals surface area contributed by atoms with Crippen LogP contribution in [0.25, 0.3) is 0 Å². The highest BCUT2D eigenvalue weighted by molar-refractivity contribution is 5.87. The standard InChI is InChI=1S/C11H17N3O4/c15-9-5-12-8(4-13-9)10(16)14-7-3-1-2-6(7)11(17)18/h6-8,12H,1-5H2,(H,13,15)(H,14,16)(H,17,18). The van der Waals surface area contributed by atoms with E-state index in [0.717, 1.165) is 6.42 Å². The Labute approximate surface area is 104 Å². The molecule has 0 aromatic carbocycles. The van der Waals surface area contributed by atoms with Gasteiger partial charge in [0.1, 0.15) is 6.04 Å². The van der Waals surface area contributed by atoms with Crippen LogP contribution in [0, 0.1) is 5.92 Å². The molecular weight excluding hydrogens is 238 g/mol. The highest BCUT2D eigenvalue weighted by atomic mass is 16.4. The van der Waals surface area contributed by atoms with Gasteiger partial charge in [-0.1, -0.05) is 6.42 Å². The summed E-state index contributed by atoms with van der Waals surface area (Å²) in [4.78, 5) is 33.8. The van der Waals surface area contributed by atoms with E-state index in [2.05, 4.69) is 16.0 Å². The van der Waals surface area contributed by atoms with Crippen LogP contribution < -0.4 is 16.0 Å². The molecule has 2 rings (SSSR count). The minimum absolute atomic E-state index is 0.116. The maximum atomic E-state index is 11.9. The van der Waals surface area contributed by atoms with Crippen molar-refractivity contribution in [1.82, 2.24) is 16.0 Å². The van der Waals surface area contributed by atoms with Gasteiger partial charge in [-0.05, 0) is 12.8 Å². The van der Waals surface area contributed by atoms with E-state index in [1.165, 1.54) is 0 Å². The van der Waals surface area contributed by atoms with Crippen molar-refractivity contribution in [2.45, 2.75) is 31.3 Å². The zero-order valence-electron chi connectivity index (χ0n) is 9.94. The minimum Gasteiger partial charge on any atom is -0.481 e. The Morgan fingerprint density at radius 2 is 2.11 bits per heavy atom. The van der Waals surface area contributed by atoms with Gasteiger partial charge in [-0.2, -0.15) is 0 Å². The predicted octanol–water partition coefficient (Wildman–Crippen LogP) is -1.56. The van der Waals surface area contributed by atoms with Crippen LogP contribution in [0.15, 0.2) is 0 Å². The van der Waals surface area contributed by atoms with Gasteiger partial charge in [0.15, 0.2) is 0 Å². The number of nitrogens with one attached hydrogen (secondary N) is 3. The summed E-state index contributed by atoms with van der Waals surface area (Å²) in [6.07, 6.45) is 2.12. The molecule has 4 N–H and O–H groups in total. The number of rotatable bonds is 3. The number of carbonyl (C=O) groups is 3. The number of piperazine rings is 1. The molecule has 100 valence electrons. The Morgan fingerprint density at radius 1 is 1.33 bits per heavy atom. The van der Waals surface area contributed by atoms with E-state index in [0.29, 0.717) is 12.8 Å². The maximum absolute atomic E-state index is 11.9. The molecule has 0 radical (unpaired) electrons. The average Bonchev–Trinajstić information content (AvgIpc) is 2.78. The second kappa shape index (κ2) is 5.34. The fraction of sp³-hybridized carbons (Fsp3) is 0.727. The summed E-state index contributed by atoms with van der Waals surface area (Å²) in [6, 6.07) is -0.771. The molecule has 1 aliphatic carbocycles. The van der Waals surface area contributed by atoms with Crippen LogP contribution in [0.1, 0.15) is 19.3 Å². The largest absolute Gasteiger partial charge is 0.481 e. The lowest BCUT2D eigenvalue weighted by atomic mass is 10.0. The second-order valence-electron chi connectivity index (χ2n) is 4.73. The van der Waals surface area contributed by atoms with E-state index in [4.69, 9.17) is 5.11 Å². The van der Waals surface area contributed by atoms with Crippen molar-refractivity contribution in [1.29, 1.82) is 0 Å². The molecule has 0 spiro atoms. The molecule has 0 aromatic heterocycles. The summed E-state index contributed by atoms with van der Waals surface area (Å²) in [5.74, 6) is -1.73. The van der Waals surface area contributed by atoms with Gasteiger partial charge in [-0.25, -0.2) is 0 Å². The number of carbonyl (C=O) groups excluding carboxylic acids is 2. The molecule has 2 amide bonds. The zero-order valence-corrected chi connectivity index (χ0v) is 9.94. The molecule has 1 saturated heterocycles. The van der Waals surface area contributed by atoms with Crippen LogP contribution in [-0.4, -0.2) is 48.1 Å². The molecular formula is C11H17N3O4. The van der Waals surface area contributed by atoms with Crippen LogP contribution in [0.2, 0.25) is 0 Å². The summed E-state index contributed by atoms with van der Waals surface area (Å²) < 4.78 is 0. The summed E-state index contributed by atoms with van der Waals surface area (Å²) >= 11 is 0. The second-order valence-corrected chi connectivity index (χ2v) is 4.73. The summed E-state index contributed by atoms with van der Waals surface area (Å²) in [5.41, 5.74) is 0. The molecule has 2 fully saturated rings. The lowest BCUT2D eigenvalue weighted by Gasteiger charge is -2.26. The van der Waals surface area contributed by atoms with Crippen LogP contribution in [-0.2, 0) is 14.4 Å². The van der Waals surface area contributed by atoms with Gasteiger partial charge < -0.3 is 15.7 Å². The van der Waals surface area contributed by atoms with Gasteiger partial charge >= 0.3 is 5.97 Å². The number of hydrogen-bond donors (Lipinski definition) is 4. The molecule has 1 heterocycles. The van der Waals surface area contributed by atoms with Crippen LogP contribution in [0.4, 0.5) is 0 Å². The highest BCUT2D eigenvalue weighted by Gasteiger charge is 2.35. The molecule has 1 aliphatic heterocycles. The van der Waals surface area contributed by atoms with Gasteiger partial charge in [-0.15, -0.1) is 0 Å². The summed E-state index contributed by atoms with van der Waals surface area (Å²) in [5, 5.41) is 17.2. The van der Waals surface area contributed by atoms with Crippen molar-refractivity contribution in [3.8, 4) is 0 Å². The molecule has 0 bridgehead atoms. The summed E-state index contributed by atoms with van der Waals surface area (Å²) in [7, 11) is 0. The van der Waals surface area contributed by atoms with Crippen molar-refractivity contribution in [2.75, 3.05) is 13.1 Å². The quantitative estimate of drug-likeness (QED) is 0.488. The van der Waals surface area contributed by atoms with Crippen LogP contribution in [0.5, 0.6) is 0 Å². The number of carboxylic acid groups (broad SMARTS) is 1. The summed E-state index contributed by atoms with van der Waals surface area (Å²) in [6.45, 7) is 0.361. The van der Waals surface area contributed by atoms with Gasteiger partial charge in [-0.3, -0.25) is 19.7 Å². The number of aliphatic carboxylic acids is 1. The van der Waals surface area contributed by atoms with Crippen molar-refractivity contribution in [3.63, 3.8) is 0 Å². The normalized spacial score (nSPS) is 31.8. The third kappa shape index (κ3) is 2.79. The molecule has 7 nitrogen and oxygen atoms in total. The topological polar surface area (TPSA) is 108 Å². The third-order valence-electron chi connectivity index (χ3n) is 3.49. The maximum Gasteiger partial charge on any atom is 0.308 e. The Balaban J connectivity index is 1.87. The van der Waals surface area contributed by atoms with Crippen molar-refractivity contribution in [3.05, 3.63) is 0 Å². The lowest BCUT2D eigenvalue weighted by Crippen LogP contribution is -2.59. The van der Waals surface area contributed by atoms with Crippen molar-refractivity contribution in [2.24, 2.45) is 5.92 Å². The van der Waals surface area contributed by atoms with E-state index >= 15 is 0 Å². The molecule has 7 heteroatoms. The predicted molar refractivity (Wildman–Crippen MR) is 61.7 cm³/mol. The fourth-order valence-electron chi connectivity index (χ4n) is 2.46. The minimum atomic E-state index is -0.859. The molecule has 3 atom stereocenters. The SMILES string of the molecule is O=C1CNC(C(=O)NC2CCCC2C(=O)O)CN1. The molecule has 0 aromatic rings. The lowest BCUT2D eigenvalue weighted by molar-refractivity contribution is -0.142. The van der Waals surface area contributed by atoms with E-state index in [1.807, 2.05) is 0 Å². The highest BCUT2D eigenvalue weighted by Crippen LogP contribution is 2.25. The number of carboxylic acids is 1. The third-order valence-corrected chi connectivity index (χ3v) is 3.49. The first-order chi connectivity index (χ1) is 8.58. The Morgan fingerprint density at radius 3 is 2.72 bits per heavy atom. The zero-order chi connectivity index (χ0) is 13.1. The van der Waals surface area contributed by atoms with E-state index in [-0.39, 0.29) is 30.9 Å². The first kappa shape index (κ1) is 12.8. The molecule has 1 saturated carbocycles. The smallest absolute Gasteiger partial charge is 0.308 e. The first-order valence-corrected chi connectivity index (χ1v) is 6.11. The van der Waals surface area contributed by atoms with Gasteiger partial charge in [0.2, 0.25) is 11.8 Å². The van der Waals surface area contributed by atoms with E-state index in [1.54, 1.807) is 0 Å².